The highest BCUT2D eigenvalue weighted by Gasteiger charge is 2.30. The molecule has 0 aromatic heterocycles. The van der Waals surface area contributed by atoms with Gasteiger partial charge in [0.1, 0.15) is 12.7 Å². The number of aliphatic hydroxyl groups excluding tert-OH is 1. The minimum absolute atomic E-state index is 0.000550. The summed E-state index contributed by atoms with van der Waals surface area (Å²) in [7, 11) is 5.45. The Kier molecular flexibility index (Phi) is 24.4. The van der Waals surface area contributed by atoms with Gasteiger partial charge in [0.05, 0.1) is 34.4 Å². The molecular weight excluding hydrogens is 518 g/mol. The van der Waals surface area contributed by atoms with E-state index >= 15 is 0 Å². The van der Waals surface area contributed by atoms with E-state index in [1.807, 2.05) is 21.1 Å². The lowest BCUT2D eigenvalue weighted by Crippen LogP contribution is -2.50. The maximum Gasteiger partial charge on any atom is 0.362 e. The SMILES string of the molecule is CC/C=C/C/C=C/C/C=C/C/C=C/C/C=C/C/C=C/CCCCC(=O)OCC(O)COCCC(C(=O)O)[N+](C)(C)C. The highest BCUT2D eigenvalue weighted by Crippen LogP contribution is 2.09. The predicted molar refractivity (Wildman–Crippen MR) is 169 cm³/mol. The average molecular weight is 575 g/mol. The van der Waals surface area contributed by atoms with Crippen LogP contribution in [-0.4, -0.2) is 79.7 Å². The third-order valence-corrected chi connectivity index (χ3v) is 6.10. The molecule has 7 heteroatoms. The standard InChI is InChI=1S/C34H55NO6/c1-5-6-7-8-9-10-11-12-13-14-15-16-17-18-19-20-21-22-23-24-25-26-33(37)41-30-31(36)29-40-28-27-32(34(38)39)35(2,3)4/h6-7,9-10,12-13,15-16,18-19,21-22,31-32,36H,5,8,11,14,17,20,23-30H2,1-4H3/p+1/b7-6+,10-9+,13-12+,16-15+,19-18+,22-21+. The van der Waals surface area contributed by atoms with Crippen LogP contribution in [0.5, 0.6) is 0 Å². The van der Waals surface area contributed by atoms with E-state index < -0.39 is 18.1 Å². The first-order valence-electron chi connectivity index (χ1n) is 15.0. The topological polar surface area (TPSA) is 93.1 Å². The van der Waals surface area contributed by atoms with Gasteiger partial charge in [0.15, 0.2) is 6.04 Å². The summed E-state index contributed by atoms with van der Waals surface area (Å²) in [4.78, 5) is 23.2. The quantitative estimate of drug-likeness (QED) is 0.0545. The van der Waals surface area contributed by atoms with Crippen molar-refractivity contribution in [3.05, 3.63) is 72.9 Å². The molecule has 0 radical (unpaired) electrons. The second-order valence-electron chi connectivity index (χ2n) is 10.8. The van der Waals surface area contributed by atoms with Crippen LogP contribution in [0.4, 0.5) is 0 Å². The van der Waals surface area contributed by atoms with Crippen molar-refractivity contribution in [3.8, 4) is 0 Å². The maximum atomic E-state index is 11.9. The minimum Gasteiger partial charge on any atom is -0.477 e. The first-order chi connectivity index (χ1) is 19.7. The van der Waals surface area contributed by atoms with Crippen LogP contribution in [0.2, 0.25) is 0 Å². The Bertz CT molecular complexity index is 848. The number of nitrogens with zero attached hydrogens (tertiary/aromatic N) is 1. The van der Waals surface area contributed by atoms with E-state index in [1.165, 1.54) is 0 Å². The molecule has 2 N–H and O–H groups in total. The number of aliphatic hydroxyl groups is 1. The number of unbranched alkanes of at least 4 members (excludes halogenated alkanes) is 2. The summed E-state index contributed by atoms with van der Waals surface area (Å²) in [5, 5.41) is 19.2. The molecular formula is C34H56NO6+. The van der Waals surface area contributed by atoms with Crippen LogP contribution >= 0.6 is 0 Å². The van der Waals surface area contributed by atoms with Gasteiger partial charge in [-0.2, -0.15) is 0 Å². The van der Waals surface area contributed by atoms with Crippen molar-refractivity contribution in [1.82, 2.24) is 0 Å². The monoisotopic (exact) mass is 574 g/mol. The molecule has 0 aromatic rings. The van der Waals surface area contributed by atoms with Gasteiger partial charge in [0.2, 0.25) is 0 Å². The zero-order valence-electron chi connectivity index (χ0n) is 26.0. The van der Waals surface area contributed by atoms with E-state index in [4.69, 9.17) is 9.47 Å². The summed E-state index contributed by atoms with van der Waals surface area (Å²) in [5.41, 5.74) is 0. The lowest BCUT2D eigenvalue weighted by Gasteiger charge is -2.31. The number of carbonyl (C=O) groups excluding carboxylic acids is 1. The van der Waals surface area contributed by atoms with Crippen LogP contribution < -0.4 is 0 Å². The fraction of sp³-hybridized carbons (Fsp3) is 0.588. The maximum absolute atomic E-state index is 11.9. The highest BCUT2D eigenvalue weighted by molar-refractivity contribution is 5.72. The molecule has 0 aliphatic carbocycles. The number of hydrogen-bond donors (Lipinski definition) is 2. The number of ether oxygens (including phenoxy) is 2. The number of carboxylic acid groups (broad SMARTS) is 1. The molecule has 0 aliphatic heterocycles. The molecule has 232 valence electrons. The minimum atomic E-state index is -0.926. The summed E-state index contributed by atoms with van der Waals surface area (Å²) >= 11 is 0. The van der Waals surface area contributed by atoms with Gasteiger partial charge in [0.25, 0.3) is 0 Å². The third-order valence-electron chi connectivity index (χ3n) is 6.10. The van der Waals surface area contributed by atoms with Crippen LogP contribution in [0.25, 0.3) is 0 Å². The Balaban J connectivity index is 3.71. The summed E-state index contributed by atoms with van der Waals surface area (Å²) in [6, 6.07) is -0.585. The average Bonchev–Trinajstić information content (AvgIpc) is 2.91. The molecule has 7 nitrogen and oxygen atoms in total. The largest absolute Gasteiger partial charge is 0.477 e. The van der Waals surface area contributed by atoms with E-state index in [0.29, 0.717) is 17.3 Å². The van der Waals surface area contributed by atoms with Gasteiger partial charge in [0, 0.05) is 12.8 Å². The number of carboxylic acids is 1. The zero-order chi connectivity index (χ0) is 30.6. The van der Waals surface area contributed by atoms with E-state index in [9.17, 15) is 19.8 Å². The highest BCUT2D eigenvalue weighted by atomic mass is 16.5. The Morgan fingerprint density at radius 3 is 1.68 bits per heavy atom. The van der Waals surface area contributed by atoms with Crippen molar-refractivity contribution in [2.45, 2.75) is 89.7 Å². The van der Waals surface area contributed by atoms with Gasteiger partial charge < -0.3 is 24.2 Å². The molecule has 0 heterocycles. The van der Waals surface area contributed by atoms with Gasteiger partial charge in [-0.1, -0.05) is 79.8 Å². The number of carbonyl (C=O) groups is 2. The number of aliphatic carboxylic acids is 1. The molecule has 2 atom stereocenters. The van der Waals surface area contributed by atoms with E-state index in [1.54, 1.807) is 0 Å². The Morgan fingerprint density at radius 2 is 1.22 bits per heavy atom. The Morgan fingerprint density at radius 1 is 0.732 bits per heavy atom. The number of likely N-dealkylation sites (N-methyl/N-ethyl adjacent to an activating group) is 1. The predicted octanol–water partition coefficient (Wildman–Crippen LogP) is 6.71. The molecule has 0 saturated heterocycles. The number of allylic oxidation sites excluding steroid dienone is 12. The second kappa shape index (κ2) is 26.2. The lowest BCUT2D eigenvalue weighted by molar-refractivity contribution is -0.887. The van der Waals surface area contributed by atoms with Crippen molar-refractivity contribution in [1.29, 1.82) is 0 Å². The van der Waals surface area contributed by atoms with Crippen molar-refractivity contribution >= 4 is 11.9 Å². The van der Waals surface area contributed by atoms with Crippen LogP contribution in [0.1, 0.15) is 77.6 Å². The van der Waals surface area contributed by atoms with Gasteiger partial charge in [-0.05, 0) is 57.8 Å². The third kappa shape index (κ3) is 25.9. The molecule has 0 spiro atoms. The number of rotatable bonds is 25. The normalized spacial score (nSPS) is 14.5. The van der Waals surface area contributed by atoms with Gasteiger partial charge in [-0.15, -0.1) is 0 Å². The molecule has 41 heavy (non-hydrogen) atoms. The van der Waals surface area contributed by atoms with Gasteiger partial charge in [-0.25, -0.2) is 4.79 Å². The first-order valence-corrected chi connectivity index (χ1v) is 15.0. The van der Waals surface area contributed by atoms with E-state index in [2.05, 4.69) is 79.8 Å². The van der Waals surface area contributed by atoms with Crippen LogP contribution in [0.15, 0.2) is 72.9 Å². The summed E-state index contributed by atoms with van der Waals surface area (Å²) < 4.78 is 10.8. The molecule has 0 amide bonds. The lowest BCUT2D eigenvalue weighted by atomic mass is 10.1. The van der Waals surface area contributed by atoms with Gasteiger partial charge >= 0.3 is 11.9 Å². The smallest absolute Gasteiger partial charge is 0.362 e. The van der Waals surface area contributed by atoms with Crippen LogP contribution in [0, 0.1) is 0 Å². The number of esters is 1. The fourth-order valence-corrected chi connectivity index (χ4v) is 3.74. The molecule has 0 aliphatic rings. The Labute approximate surface area is 249 Å². The van der Waals surface area contributed by atoms with Crippen molar-refractivity contribution in [2.24, 2.45) is 0 Å². The second-order valence-corrected chi connectivity index (χ2v) is 10.8. The van der Waals surface area contributed by atoms with Gasteiger partial charge in [-0.3, -0.25) is 4.79 Å². The zero-order valence-corrected chi connectivity index (χ0v) is 26.0. The molecule has 0 fully saturated rings. The number of hydrogen-bond acceptors (Lipinski definition) is 5. The summed E-state index contributed by atoms with van der Waals surface area (Å²) in [5.74, 6) is -1.21. The molecule has 2 unspecified atom stereocenters. The van der Waals surface area contributed by atoms with Crippen molar-refractivity contribution in [2.75, 3.05) is 41.0 Å². The first kappa shape index (κ1) is 38.3. The van der Waals surface area contributed by atoms with Crippen LogP contribution in [0.3, 0.4) is 0 Å². The van der Waals surface area contributed by atoms with E-state index in [0.717, 1.165) is 57.8 Å². The molecule has 0 saturated carbocycles. The van der Waals surface area contributed by atoms with Crippen molar-refractivity contribution in [3.63, 3.8) is 0 Å². The summed E-state index contributed by atoms with van der Waals surface area (Å²) in [6.07, 6.45) is 34.4. The van der Waals surface area contributed by atoms with Crippen LogP contribution in [-0.2, 0) is 19.1 Å². The fourth-order valence-electron chi connectivity index (χ4n) is 3.74. The van der Waals surface area contributed by atoms with E-state index in [-0.39, 0.29) is 25.8 Å². The van der Waals surface area contributed by atoms with Crippen molar-refractivity contribution < 1.29 is 33.8 Å². The molecule has 0 bridgehead atoms. The summed E-state index contributed by atoms with van der Waals surface area (Å²) in [6.45, 7) is 2.24. The molecule has 0 aromatic carbocycles. The Hall–Kier alpha value is -2.74. The molecule has 0 rings (SSSR count). The number of quaternary nitrogens is 1.